The quantitative estimate of drug-likeness (QED) is 0.549. The first kappa shape index (κ1) is 14.7. The summed E-state index contributed by atoms with van der Waals surface area (Å²) in [5.74, 6) is -0.291. The molecule has 1 saturated heterocycles. The lowest BCUT2D eigenvalue weighted by molar-refractivity contribution is 0.0968. The van der Waals surface area contributed by atoms with Crippen molar-refractivity contribution in [3.8, 4) is 11.4 Å². The number of hydrogen-bond donors (Lipinski definition) is 2. The van der Waals surface area contributed by atoms with E-state index in [2.05, 4.69) is 15.2 Å². The highest BCUT2D eigenvalue weighted by Crippen LogP contribution is 2.34. The van der Waals surface area contributed by atoms with Crippen molar-refractivity contribution in [1.29, 1.82) is 0 Å². The van der Waals surface area contributed by atoms with Crippen LogP contribution in [0, 0.1) is 0 Å². The molecule has 2 aliphatic heterocycles. The molecule has 0 atom stereocenters. The summed E-state index contributed by atoms with van der Waals surface area (Å²) < 4.78 is 1.50. The molecule has 3 aromatic rings. The highest BCUT2D eigenvalue weighted by atomic mass is 35.5. The molecule has 6 nitrogen and oxygen atoms in total. The number of anilines is 1. The molecule has 0 aliphatic carbocycles. The third kappa shape index (κ3) is 2.01. The summed E-state index contributed by atoms with van der Waals surface area (Å²) >= 11 is 6.46. The molecule has 0 radical (unpaired) electrons. The molecule has 1 fully saturated rings. The minimum atomic E-state index is -0.291. The average molecular weight is 355 g/mol. The second-order valence-corrected chi connectivity index (χ2v) is 6.77. The number of halogens is 1. The van der Waals surface area contributed by atoms with Gasteiger partial charge >= 0.3 is 0 Å². The van der Waals surface area contributed by atoms with Crippen LogP contribution in [0.15, 0.2) is 35.3 Å². The van der Waals surface area contributed by atoms with Crippen molar-refractivity contribution >= 4 is 34.1 Å². The van der Waals surface area contributed by atoms with Crippen LogP contribution in [-0.2, 0) is 0 Å². The highest BCUT2D eigenvalue weighted by molar-refractivity contribution is 6.34. The van der Waals surface area contributed by atoms with Gasteiger partial charge in [-0.15, -0.1) is 0 Å². The number of aromatic amines is 1. The van der Waals surface area contributed by atoms with Crippen molar-refractivity contribution < 1.29 is 4.79 Å². The zero-order chi connectivity index (χ0) is 17.1. The van der Waals surface area contributed by atoms with E-state index in [9.17, 15) is 9.59 Å². The van der Waals surface area contributed by atoms with Crippen LogP contribution < -0.4 is 15.6 Å². The van der Waals surface area contributed by atoms with Gasteiger partial charge in [0.05, 0.1) is 27.6 Å². The van der Waals surface area contributed by atoms with Crippen LogP contribution >= 0.6 is 11.6 Å². The van der Waals surface area contributed by atoms with E-state index < -0.39 is 0 Å². The minimum absolute atomic E-state index is 0.189. The molecule has 0 amide bonds. The van der Waals surface area contributed by atoms with Gasteiger partial charge in [-0.05, 0) is 24.3 Å². The second kappa shape index (κ2) is 5.21. The summed E-state index contributed by atoms with van der Waals surface area (Å²) in [6.07, 6.45) is 1.68. The van der Waals surface area contributed by atoms with E-state index >= 15 is 0 Å². The molecule has 1 aromatic carbocycles. The molecule has 0 saturated carbocycles. The molecule has 4 heterocycles. The number of benzene rings is 1. The van der Waals surface area contributed by atoms with Gasteiger partial charge < -0.3 is 15.2 Å². The Balaban J connectivity index is 1.76. The van der Waals surface area contributed by atoms with E-state index in [-0.39, 0.29) is 16.9 Å². The molecule has 2 aromatic heterocycles. The third-order valence-electron chi connectivity index (χ3n) is 4.96. The average Bonchev–Trinajstić information content (AvgIpc) is 3.20. The molecule has 5 rings (SSSR count). The summed E-state index contributed by atoms with van der Waals surface area (Å²) in [6.45, 7) is 3.53. The van der Waals surface area contributed by atoms with Crippen molar-refractivity contribution in [3.63, 3.8) is 0 Å². The van der Waals surface area contributed by atoms with E-state index in [1.54, 1.807) is 18.3 Å². The Hall–Kier alpha value is -2.57. The first-order chi connectivity index (χ1) is 12.1. The Labute approximate surface area is 148 Å². The number of nitrogens with zero attached hydrogens (tertiary/aromatic N) is 2. The predicted octanol–water partition coefficient (Wildman–Crippen LogP) is 2.06. The van der Waals surface area contributed by atoms with E-state index in [0.29, 0.717) is 21.6 Å². The van der Waals surface area contributed by atoms with Gasteiger partial charge in [0.15, 0.2) is 0 Å². The topological polar surface area (TPSA) is 70.1 Å². The lowest BCUT2D eigenvalue weighted by Gasteiger charge is -2.30. The van der Waals surface area contributed by atoms with Crippen molar-refractivity contribution in [2.45, 2.75) is 0 Å². The van der Waals surface area contributed by atoms with Gasteiger partial charge in [-0.3, -0.25) is 14.2 Å². The van der Waals surface area contributed by atoms with Gasteiger partial charge in [0, 0.05) is 37.8 Å². The standard InChI is InChI=1S/C18H15ClN4O2/c19-11-8-10-12(9-14(11)22-6-3-20-4-7-22)21-16-13-2-1-5-23(13)18(25)15(16)17(10)24/h1-2,5,8-9,20H,3-4,6-7H2,(H,21,24). The van der Waals surface area contributed by atoms with Crippen LogP contribution in [-0.4, -0.2) is 41.6 Å². The maximum Gasteiger partial charge on any atom is 0.268 e. The number of hydrogen-bond acceptors (Lipinski definition) is 4. The molecular formula is C18H15ClN4O2. The number of carbonyl (C=O) groups is 1. The fourth-order valence-corrected chi connectivity index (χ4v) is 4.01. The molecule has 0 unspecified atom stereocenters. The predicted molar refractivity (Wildman–Crippen MR) is 97.8 cm³/mol. The smallest absolute Gasteiger partial charge is 0.268 e. The van der Waals surface area contributed by atoms with Crippen LogP contribution in [0.5, 0.6) is 0 Å². The summed E-state index contributed by atoms with van der Waals surface area (Å²) in [5.41, 5.74) is 2.83. The molecule has 2 aliphatic rings. The van der Waals surface area contributed by atoms with Crippen LogP contribution in [0.1, 0.15) is 10.4 Å². The molecule has 2 N–H and O–H groups in total. The highest BCUT2D eigenvalue weighted by Gasteiger charge is 2.30. The molecule has 7 heteroatoms. The molecular weight excluding hydrogens is 340 g/mol. The number of aromatic nitrogens is 2. The van der Waals surface area contributed by atoms with Crippen LogP contribution in [0.3, 0.4) is 0 Å². The molecule has 0 spiro atoms. The second-order valence-electron chi connectivity index (χ2n) is 6.36. The van der Waals surface area contributed by atoms with Gasteiger partial charge in [0.25, 0.3) is 5.91 Å². The fourth-order valence-electron chi connectivity index (χ4n) is 3.72. The van der Waals surface area contributed by atoms with Gasteiger partial charge in [-0.25, -0.2) is 0 Å². The van der Waals surface area contributed by atoms with E-state index in [4.69, 9.17) is 11.6 Å². The number of pyridine rings is 1. The number of H-pyrrole nitrogens is 1. The fraction of sp³-hybridized carbons (Fsp3) is 0.222. The monoisotopic (exact) mass is 354 g/mol. The number of piperazine rings is 1. The van der Waals surface area contributed by atoms with Crippen molar-refractivity contribution in [2.24, 2.45) is 0 Å². The normalized spacial score (nSPS) is 16.4. The Kier molecular flexibility index (Phi) is 3.07. The van der Waals surface area contributed by atoms with Crippen molar-refractivity contribution in [3.05, 3.63) is 51.3 Å². The summed E-state index contributed by atoms with van der Waals surface area (Å²) in [6, 6.07) is 7.22. The maximum absolute atomic E-state index is 12.9. The van der Waals surface area contributed by atoms with Crippen LogP contribution in [0.25, 0.3) is 22.3 Å². The van der Waals surface area contributed by atoms with E-state index in [0.717, 1.165) is 37.6 Å². The van der Waals surface area contributed by atoms with Gasteiger partial charge in [0.1, 0.15) is 5.56 Å². The number of nitrogens with one attached hydrogen (secondary N) is 2. The van der Waals surface area contributed by atoms with E-state index in [1.165, 1.54) is 4.57 Å². The zero-order valence-corrected chi connectivity index (χ0v) is 14.1. The molecule has 25 heavy (non-hydrogen) atoms. The zero-order valence-electron chi connectivity index (χ0n) is 13.3. The number of rotatable bonds is 1. The SMILES string of the molecule is O=C1c2c([nH]c3cc(N4CCNCC4)c(Cl)cc3c2=O)-c2cccn21. The van der Waals surface area contributed by atoms with Crippen molar-refractivity contribution in [1.82, 2.24) is 14.9 Å². The van der Waals surface area contributed by atoms with Crippen molar-refractivity contribution in [2.75, 3.05) is 31.1 Å². The number of carbonyl (C=O) groups excluding carboxylic acids is 1. The van der Waals surface area contributed by atoms with Gasteiger partial charge in [0.2, 0.25) is 5.43 Å². The lowest BCUT2D eigenvalue weighted by atomic mass is 10.1. The Morgan fingerprint density at radius 1 is 1.12 bits per heavy atom. The van der Waals surface area contributed by atoms with Gasteiger partial charge in [-0.2, -0.15) is 0 Å². The summed E-state index contributed by atoms with van der Waals surface area (Å²) in [4.78, 5) is 30.9. The van der Waals surface area contributed by atoms with E-state index in [1.807, 2.05) is 12.1 Å². The Bertz CT molecular complexity index is 1090. The largest absolute Gasteiger partial charge is 0.368 e. The van der Waals surface area contributed by atoms with Gasteiger partial charge in [-0.1, -0.05) is 11.6 Å². The first-order valence-electron chi connectivity index (χ1n) is 8.23. The third-order valence-corrected chi connectivity index (χ3v) is 5.27. The van der Waals surface area contributed by atoms with Crippen LogP contribution in [0.2, 0.25) is 5.02 Å². The number of fused-ring (bicyclic) bond motifs is 4. The molecule has 126 valence electrons. The Morgan fingerprint density at radius 2 is 1.92 bits per heavy atom. The maximum atomic E-state index is 12.9. The van der Waals surface area contributed by atoms with Crippen LogP contribution in [0.4, 0.5) is 5.69 Å². The lowest BCUT2D eigenvalue weighted by Crippen LogP contribution is -2.43. The first-order valence-corrected chi connectivity index (χ1v) is 8.60. The minimum Gasteiger partial charge on any atom is -0.368 e. The Morgan fingerprint density at radius 3 is 2.72 bits per heavy atom. The summed E-state index contributed by atoms with van der Waals surface area (Å²) in [5, 5.41) is 4.29. The molecule has 0 bridgehead atoms. The summed E-state index contributed by atoms with van der Waals surface area (Å²) in [7, 11) is 0.